The molecule has 1 aliphatic carbocycles. The van der Waals surface area contributed by atoms with Gasteiger partial charge in [0.25, 0.3) is 0 Å². The van der Waals surface area contributed by atoms with E-state index in [9.17, 15) is 4.79 Å². The van der Waals surface area contributed by atoms with E-state index in [1.165, 1.54) is 25.7 Å². The Bertz CT molecular complexity index is 221. The van der Waals surface area contributed by atoms with Gasteiger partial charge in [0.05, 0.1) is 6.61 Å². The molecule has 2 N–H and O–H groups in total. The van der Waals surface area contributed by atoms with Crippen LogP contribution in [0, 0.1) is 5.92 Å². The second-order valence-corrected chi connectivity index (χ2v) is 4.92. The van der Waals surface area contributed by atoms with Crippen molar-refractivity contribution in [3.63, 3.8) is 0 Å². The standard InChI is InChI=1S/C12H22N2O2/c15-12(14-11-5-7-13-8-6-11)16-9-10-3-1-2-4-10/h10-11,13H,1-9H2,(H,14,15). The van der Waals surface area contributed by atoms with Crippen molar-refractivity contribution in [1.29, 1.82) is 0 Å². The summed E-state index contributed by atoms with van der Waals surface area (Å²) in [5, 5.41) is 6.21. The normalized spacial score (nSPS) is 23.2. The molecule has 4 nitrogen and oxygen atoms in total. The second kappa shape index (κ2) is 6.09. The maximum Gasteiger partial charge on any atom is 0.407 e. The van der Waals surface area contributed by atoms with E-state index in [1.54, 1.807) is 0 Å². The van der Waals surface area contributed by atoms with Crippen LogP contribution in [0.2, 0.25) is 0 Å². The molecule has 1 heterocycles. The molecule has 4 heteroatoms. The van der Waals surface area contributed by atoms with Gasteiger partial charge >= 0.3 is 6.09 Å². The first-order valence-corrected chi connectivity index (χ1v) is 6.48. The molecule has 2 fully saturated rings. The lowest BCUT2D eigenvalue weighted by atomic mass is 10.1. The SMILES string of the molecule is O=C(NC1CCNCC1)OCC1CCCC1. The third-order valence-electron chi connectivity index (χ3n) is 3.59. The van der Waals surface area contributed by atoms with Crippen molar-refractivity contribution in [2.24, 2.45) is 5.92 Å². The molecule has 0 bridgehead atoms. The average Bonchev–Trinajstić information content (AvgIpc) is 2.81. The molecule has 1 saturated heterocycles. The predicted octanol–water partition coefficient (Wildman–Crippen LogP) is 1.65. The highest BCUT2D eigenvalue weighted by Gasteiger charge is 2.19. The zero-order valence-electron chi connectivity index (χ0n) is 9.84. The molecule has 2 aliphatic rings. The Morgan fingerprint density at radius 2 is 1.88 bits per heavy atom. The van der Waals surface area contributed by atoms with E-state index >= 15 is 0 Å². The summed E-state index contributed by atoms with van der Waals surface area (Å²) in [5.41, 5.74) is 0. The summed E-state index contributed by atoms with van der Waals surface area (Å²) >= 11 is 0. The molecule has 0 atom stereocenters. The third kappa shape index (κ3) is 3.67. The van der Waals surface area contributed by atoms with Crippen molar-refractivity contribution in [2.75, 3.05) is 19.7 Å². The molecule has 92 valence electrons. The first-order valence-electron chi connectivity index (χ1n) is 6.48. The topological polar surface area (TPSA) is 50.4 Å². The number of alkyl carbamates (subject to hydrolysis) is 1. The van der Waals surface area contributed by atoms with Crippen LogP contribution in [0.3, 0.4) is 0 Å². The minimum Gasteiger partial charge on any atom is -0.449 e. The fourth-order valence-electron chi connectivity index (χ4n) is 2.55. The first kappa shape index (κ1) is 11.7. The lowest BCUT2D eigenvalue weighted by Crippen LogP contribution is -2.43. The van der Waals surface area contributed by atoms with E-state index in [2.05, 4.69) is 10.6 Å². The molecule has 0 unspecified atom stereocenters. The smallest absolute Gasteiger partial charge is 0.407 e. The van der Waals surface area contributed by atoms with Gasteiger partial charge in [0.1, 0.15) is 0 Å². The molecule has 16 heavy (non-hydrogen) atoms. The van der Waals surface area contributed by atoms with Crippen LogP contribution in [0.1, 0.15) is 38.5 Å². The Balaban J connectivity index is 1.59. The Morgan fingerprint density at radius 1 is 1.19 bits per heavy atom. The summed E-state index contributed by atoms with van der Waals surface area (Å²) < 4.78 is 5.26. The van der Waals surface area contributed by atoms with E-state index < -0.39 is 0 Å². The van der Waals surface area contributed by atoms with Gasteiger partial charge in [0.15, 0.2) is 0 Å². The Labute approximate surface area is 97.1 Å². The van der Waals surface area contributed by atoms with Crippen LogP contribution >= 0.6 is 0 Å². The molecular formula is C12H22N2O2. The van der Waals surface area contributed by atoms with Crippen LogP contribution in [0.25, 0.3) is 0 Å². The lowest BCUT2D eigenvalue weighted by molar-refractivity contribution is 0.122. The Hall–Kier alpha value is -0.770. The van der Waals surface area contributed by atoms with Gasteiger partial charge in [-0.25, -0.2) is 4.79 Å². The highest BCUT2D eigenvalue weighted by molar-refractivity contribution is 5.67. The molecule has 0 radical (unpaired) electrons. The number of amides is 1. The van der Waals surface area contributed by atoms with Crippen LogP contribution in [-0.2, 0) is 4.74 Å². The van der Waals surface area contributed by atoms with Gasteiger partial charge in [0.2, 0.25) is 0 Å². The number of rotatable bonds is 3. The summed E-state index contributed by atoms with van der Waals surface area (Å²) in [6.45, 7) is 2.60. The number of piperidine rings is 1. The van der Waals surface area contributed by atoms with E-state index in [0.717, 1.165) is 25.9 Å². The number of ether oxygens (including phenoxy) is 1. The van der Waals surface area contributed by atoms with Gasteiger partial charge in [-0.05, 0) is 44.7 Å². The van der Waals surface area contributed by atoms with E-state index in [-0.39, 0.29) is 6.09 Å². The van der Waals surface area contributed by atoms with E-state index in [4.69, 9.17) is 4.74 Å². The Kier molecular flexibility index (Phi) is 4.45. The quantitative estimate of drug-likeness (QED) is 0.769. The molecule has 0 spiro atoms. The molecule has 0 aromatic rings. The lowest BCUT2D eigenvalue weighted by Gasteiger charge is -2.23. The summed E-state index contributed by atoms with van der Waals surface area (Å²) in [5.74, 6) is 0.610. The molecule has 1 amide bonds. The largest absolute Gasteiger partial charge is 0.449 e. The first-order chi connectivity index (χ1) is 7.84. The molecule has 1 aliphatic heterocycles. The molecule has 1 saturated carbocycles. The third-order valence-corrected chi connectivity index (χ3v) is 3.59. The van der Waals surface area contributed by atoms with Crippen molar-refractivity contribution in [1.82, 2.24) is 10.6 Å². The van der Waals surface area contributed by atoms with Gasteiger partial charge in [-0.15, -0.1) is 0 Å². The number of carbonyl (C=O) groups is 1. The fourth-order valence-corrected chi connectivity index (χ4v) is 2.55. The van der Waals surface area contributed by atoms with Crippen molar-refractivity contribution in [3.05, 3.63) is 0 Å². The zero-order valence-corrected chi connectivity index (χ0v) is 9.84. The zero-order chi connectivity index (χ0) is 11.2. The van der Waals surface area contributed by atoms with Gasteiger partial charge < -0.3 is 15.4 Å². The van der Waals surface area contributed by atoms with Crippen LogP contribution < -0.4 is 10.6 Å². The molecule has 2 rings (SSSR count). The molecule has 0 aromatic carbocycles. The average molecular weight is 226 g/mol. The van der Waals surface area contributed by atoms with Crippen molar-refractivity contribution in [3.8, 4) is 0 Å². The maximum absolute atomic E-state index is 11.5. The minimum absolute atomic E-state index is 0.223. The number of nitrogens with one attached hydrogen (secondary N) is 2. The summed E-state index contributed by atoms with van der Waals surface area (Å²) in [6, 6.07) is 0.303. The van der Waals surface area contributed by atoms with Crippen LogP contribution in [0.15, 0.2) is 0 Å². The van der Waals surface area contributed by atoms with Gasteiger partial charge in [-0.2, -0.15) is 0 Å². The van der Waals surface area contributed by atoms with Crippen molar-refractivity contribution >= 4 is 6.09 Å². The number of hydrogen-bond donors (Lipinski definition) is 2. The highest BCUT2D eigenvalue weighted by atomic mass is 16.5. The summed E-state index contributed by atoms with van der Waals surface area (Å²) in [4.78, 5) is 11.5. The number of carbonyl (C=O) groups excluding carboxylic acids is 1. The van der Waals surface area contributed by atoms with Gasteiger partial charge in [-0.3, -0.25) is 0 Å². The van der Waals surface area contributed by atoms with Crippen LogP contribution in [0.5, 0.6) is 0 Å². The summed E-state index contributed by atoms with van der Waals surface area (Å²) in [6.07, 6.45) is 6.84. The number of hydrogen-bond acceptors (Lipinski definition) is 3. The Morgan fingerprint density at radius 3 is 2.56 bits per heavy atom. The van der Waals surface area contributed by atoms with Crippen LogP contribution in [-0.4, -0.2) is 31.8 Å². The van der Waals surface area contributed by atoms with E-state index in [0.29, 0.717) is 18.6 Å². The van der Waals surface area contributed by atoms with Gasteiger partial charge in [0, 0.05) is 6.04 Å². The fraction of sp³-hybridized carbons (Fsp3) is 0.917. The van der Waals surface area contributed by atoms with Crippen LogP contribution in [0.4, 0.5) is 4.79 Å². The molecular weight excluding hydrogens is 204 g/mol. The second-order valence-electron chi connectivity index (χ2n) is 4.92. The van der Waals surface area contributed by atoms with Gasteiger partial charge in [-0.1, -0.05) is 12.8 Å². The molecule has 0 aromatic heterocycles. The predicted molar refractivity (Wildman–Crippen MR) is 62.3 cm³/mol. The van der Waals surface area contributed by atoms with E-state index in [1.807, 2.05) is 0 Å². The van der Waals surface area contributed by atoms with Crippen molar-refractivity contribution < 1.29 is 9.53 Å². The minimum atomic E-state index is -0.223. The summed E-state index contributed by atoms with van der Waals surface area (Å²) in [7, 11) is 0. The highest BCUT2D eigenvalue weighted by Crippen LogP contribution is 2.24. The van der Waals surface area contributed by atoms with Crippen molar-refractivity contribution in [2.45, 2.75) is 44.6 Å². The maximum atomic E-state index is 11.5. The monoisotopic (exact) mass is 226 g/mol.